The number of aryl methyl sites for hydroxylation is 3. The van der Waals surface area contributed by atoms with Crippen molar-refractivity contribution < 1.29 is 14.1 Å². The Bertz CT molecular complexity index is 1290. The highest BCUT2D eigenvalue weighted by atomic mass is 16.5. The van der Waals surface area contributed by atoms with Gasteiger partial charge in [0.25, 0.3) is 0 Å². The Kier molecular flexibility index (Phi) is 5.62. The number of rotatable bonds is 6. The lowest BCUT2D eigenvalue weighted by Gasteiger charge is -2.13. The highest BCUT2D eigenvalue weighted by molar-refractivity contribution is 6.02. The highest BCUT2D eigenvalue weighted by Crippen LogP contribution is 2.37. The summed E-state index contributed by atoms with van der Waals surface area (Å²) in [6.45, 7) is 8.55. The number of ether oxygens (including phenoxy) is 1. The van der Waals surface area contributed by atoms with Gasteiger partial charge < -0.3 is 9.26 Å². The van der Waals surface area contributed by atoms with Gasteiger partial charge >= 0.3 is 5.97 Å². The summed E-state index contributed by atoms with van der Waals surface area (Å²) in [6.07, 6.45) is 8.51. The summed E-state index contributed by atoms with van der Waals surface area (Å²) in [5, 5.41) is 9.54. The van der Waals surface area contributed by atoms with Crippen LogP contribution in [-0.2, 0) is 16.1 Å². The summed E-state index contributed by atoms with van der Waals surface area (Å²) in [6, 6.07) is 3.87. The lowest BCUT2D eigenvalue weighted by molar-refractivity contribution is -0.137. The second-order valence-electron chi connectivity index (χ2n) is 7.11. The van der Waals surface area contributed by atoms with Crippen molar-refractivity contribution in [3.8, 4) is 22.5 Å². The first-order chi connectivity index (χ1) is 15.0. The number of hydrogen-bond acceptors (Lipinski definition) is 7. The molecule has 4 heterocycles. The zero-order chi connectivity index (χ0) is 22.0. The van der Waals surface area contributed by atoms with Crippen LogP contribution < -0.4 is 0 Å². The number of carbonyl (C=O) groups excluding carboxylic acids is 1. The van der Waals surface area contributed by atoms with Gasteiger partial charge in [0.05, 0.1) is 12.8 Å². The monoisotopic (exact) mass is 417 g/mol. The number of nitrogens with zero attached hydrogens (tertiary/aromatic N) is 5. The maximum absolute atomic E-state index is 12.1. The minimum atomic E-state index is -0.428. The fraction of sp³-hybridized carbons (Fsp3) is 0.261. The summed E-state index contributed by atoms with van der Waals surface area (Å²) in [5.41, 5.74) is 5.40. The normalized spacial score (nSPS) is 11.5. The molecule has 0 radical (unpaired) electrons. The molecule has 0 N–H and O–H groups in total. The lowest BCUT2D eigenvalue weighted by atomic mass is 9.95. The molecule has 0 saturated carbocycles. The van der Waals surface area contributed by atoms with E-state index in [0.717, 1.165) is 33.3 Å². The third kappa shape index (κ3) is 3.96. The predicted octanol–water partition coefficient (Wildman–Crippen LogP) is 4.36. The maximum atomic E-state index is 12.1. The predicted molar refractivity (Wildman–Crippen MR) is 117 cm³/mol. The van der Waals surface area contributed by atoms with Gasteiger partial charge in [0.2, 0.25) is 0 Å². The van der Waals surface area contributed by atoms with Crippen LogP contribution in [-0.4, -0.2) is 37.5 Å². The van der Waals surface area contributed by atoms with Crippen molar-refractivity contribution in [3.63, 3.8) is 0 Å². The average molecular weight is 417 g/mol. The molecule has 0 aliphatic rings. The molecule has 4 aromatic rings. The zero-order valence-electron chi connectivity index (χ0n) is 17.9. The van der Waals surface area contributed by atoms with Crippen LogP contribution in [0, 0.1) is 13.8 Å². The van der Waals surface area contributed by atoms with E-state index in [-0.39, 0.29) is 0 Å². The van der Waals surface area contributed by atoms with E-state index in [1.165, 1.54) is 6.08 Å². The first kappa shape index (κ1) is 20.5. The fourth-order valence-corrected chi connectivity index (χ4v) is 3.51. The molecule has 158 valence electrons. The standard InChI is InChI=1S/C23H23N5O3/c1-5-28-23-18(13-25-28)21(16-9-14(3)11-24-12-16)17(7-8-20(29)30-6-2)22(26-23)19-10-15(4)31-27-19/h7-13H,5-6H2,1-4H3/b8-7+. The first-order valence-corrected chi connectivity index (χ1v) is 10.1. The molecule has 0 aliphatic heterocycles. The van der Waals surface area contributed by atoms with Crippen LogP contribution in [0.25, 0.3) is 39.6 Å². The molecular weight excluding hydrogens is 394 g/mol. The summed E-state index contributed by atoms with van der Waals surface area (Å²) in [4.78, 5) is 21.3. The molecule has 0 unspecified atom stereocenters. The summed E-state index contributed by atoms with van der Waals surface area (Å²) < 4.78 is 12.2. The lowest BCUT2D eigenvalue weighted by Crippen LogP contribution is -2.02. The molecule has 0 aliphatic carbocycles. The molecule has 4 rings (SSSR count). The van der Waals surface area contributed by atoms with Gasteiger partial charge in [-0.15, -0.1) is 0 Å². The second kappa shape index (κ2) is 8.51. The topological polar surface area (TPSA) is 95.9 Å². The molecule has 31 heavy (non-hydrogen) atoms. The van der Waals surface area contributed by atoms with E-state index in [1.807, 2.05) is 37.6 Å². The van der Waals surface area contributed by atoms with Crippen molar-refractivity contribution in [2.45, 2.75) is 34.2 Å². The van der Waals surface area contributed by atoms with Crippen LogP contribution in [0.1, 0.15) is 30.7 Å². The minimum Gasteiger partial charge on any atom is -0.463 e. The van der Waals surface area contributed by atoms with Crippen molar-refractivity contribution in [2.24, 2.45) is 0 Å². The Morgan fingerprint density at radius 1 is 1.19 bits per heavy atom. The van der Waals surface area contributed by atoms with E-state index in [1.54, 1.807) is 31.6 Å². The minimum absolute atomic E-state index is 0.299. The van der Waals surface area contributed by atoms with E-state index in [0.29, 0.717) is 30.3 Å². The van der Waals surface area contributed by atoms with Gasteiger partial charge in [-0.2, -0.15) is 5.10 Å². The number of fused-ring (bicyclic) bond motifs is 1. The molecular formula is C23H23N5O3. The fourth-order valence-electron chi connectivity index (χ4n) is 3.51. The molecule has 0 aromatic carbocycles. The average Bonchev–Trinajstić information content (AvgIpc) is 3.37. The van der Waals surface area contributed by atoms with E-state index in [9.17, 15) is 4.79 Å². The number of aromatic nitrogens is 5. The maximum Gasteiger partial charge on any atom is 0.330 e. The van der Waals surface area contributed by atoms with Crippen molar-refractivity contribution in [3.05, 3.63) is 53.7 Å². The smallest absolute Gasteiger partial charge is 0.330 e. The van der Waals surface area contributed by atoms with E-state index in [2.05, 4.69) is 15.2 Å². The Morgan fingerprint density at radius 3 is 2.71 bits per heavy atom. The molecule has 0 fully saturated rings. The summed E-state index contributed by atoms with van der Waals surface area (Å²) in [5.74, 6) is 0.238. The van der Waals surface area contributed by atoms with E-state index < -0.39 is 5.97 Å². The molecule has 0 bridgehead atoms. The number of esters is 1. The largest absolute Gasteiger partial charge is 0.463 e. The van der Waals surface area contributed by atoms with Crippen LogP contribution >= 0.6 is 0 Å². The van der Waals surface area contributed by atoms with Gasteiger partial charge in [-0.1, -0.05) is 5.16 Å². The molecule has 8 heteroatoms. The third-order valence-corrected chi connectivity index (χ3v) is 4.83. The van der Waals surface area contributed by atoms with Crippen LogP contribution in [0.4, 0.5) is 0 Å². The van der Waals surface area contributed by atoms with Crippen LogP contribution in [0.3, 0.4) is 0 Å². The Balaban J connectivity index is 2.08. The van der Waals surface area contributed by atoms with Crippen LogP contribution in [0.5, 0.6) is 0 Å². The number of pyridine rings is 2. The Morgan fingerprint density at radius 2 is 2.03 bits per heavy atom. The molecule has 0 spiro atoms. The molecule has 4 aromatic heterocycles. The third-order valence-electron chi connectivity index (χ3n) is 4.83. The van der Waals surface area contributed by atoms with Crippen LogP contribution in [0.2, 0.25) is 0 Å². The van der Waals surface area contributed by atoms with Gasteiger partial charge in [-0.25, -0.2) is 14.5 Å². The Labute approximate surface area is 179 Å². The van der Waals surface area contributed by atoms with Gasteiger partial charge in [0.1, 0.15) is 17.1 Å². The van der Waals surface area contributed by atoms with Crippen molar-refractivity contribution >= 4 is 23.1 Å². The SMILES string of the molecule is CCOC(=O)/C=C/c1c(-c2cc(C)on2)nc2c(cnn2CC)c1-c1cncc(C)c1. The highest BCUT2D eigenvalue weighted by Gasteiger charge is 2.21. The Hall–Kier alpha value is -3.81. The van der Waals surface area contributed by atoms with Crippen molar-refractivity contribution in [1.82, 2.24) is 24.9 Å². The molecule has 8 nitrogen and oxygen atoms in total. The number of carbonyl (C=O) groups is 1. The van der Waals surface area contributed by atoms with Gasteiger partial charge in [0, 0.05) is 53.2 Å². The first-order valence-electron chi connectivity index (χ1n) is 10.1. The van der Waals surface area contributed by atoms with Crippen molar-refractivity contribution in [2.75, 3.05) is 6.61 Å². The molecule has 0 atom stereocenters. The zero-order valence-corrected chi connectivity index (χ0v) is 17.9. The van der Waals surface area contributed by atoms with Gasteiger partial charge in [-0.05, 0) is 45.4 Å². The summed E-state index contributed by atoms with van der Waals surface area (Å²) in [7, 11) is 0. The molecule has 0 saturated heterocycles. The van der Waals surface area contributed by atoms with Gasteiger partial charge in [-0.3, -0.25) is 4.98 Å². The molecule has 0 amide bonds. The second-order valence-corrected chi connectivity index (χ2v) is 7.11. The number of hydrogen-bond donors (Lipinski definition) is 0. The van der Waals surface area contributed by atoms with Crippen LogP contribution in [0.15, 0.2) is 41.3 Å². The van der Waals surface area contributed by atoms with E-state index in [4.69, 9.17) is 14.2 Å². The van der Waals surface area contributed by atoms with Gasteiger partial charge in [0.15, 0.2) is 5.65 Å². The quantitative estimate of drug-likeness (QED) is 0.340. The van der Waals surface area contributed by atoms with E-state index >= 15 is 0 Å². The van der Waals surface area contributed by atoms with Crippen molar-refractivity contribution in [1.29, 1.82) is 0 Å². The summed E-state index contributed by atoms with van der Waals surface area (Å²) >= 11 is 0.